The van der Waals surface area contributed by atoms with E-state index in [1.54, 1.807) is 6.07 Å². The molecule has 4 nitrogen and oxygen atoms in total. The summed E-state index contributed by atoms with van der Waals surface area (Å²) in [5.41, 5.74) is 1.71. The normalized spacial score (nSPS) is 10.1. The van der Waals surface area contributed by atoms with Gasteiger partial charge in [-0.3, -0.25) is 9.59 Å². The van der Waals surface area contributed by atoms with Gasteiger partial charge < -0.3 is 10.6 Å². The maximum Gasteiger partial charge on any atom is 0.313 e. The fraction of sp³-hybridized carbons (Fsp3) is 0.385. The third-order valence-electron chi connectivity index (χ3n) is 2.27. The van der Waals surface area contributed by atoms with Crippen LogP contribution >= 0.6 is 0 Å². The van der Waals surface area contributed by atoms with Crippen molar-refractivity contribution in [2.45, 2.75) is 33.2 Å². The van der Waals surface area contributed by atoms with E-state index in [0.717, 1.165) is 12.0 Å². The van der Waals surface area contributed by atoms with Crippen LogP contribution in [0.5, 0.6) is 0 Å². The van der Waals surface area contributed by atoms with Crippen molar-refractivity contribution in [2.24, 2.45) is 0 Å². The molecule has 0 aromatic heterocycles. The Morgan fingerprint density at radius 1 is 1.18 bits per heavy atom. The van der Waals surface area contributed by atoms with Gasteiger partial charge in [-0.1, -0.05) is 25.1 Å². The molecular weight excluding hydrogens is 216 g/mol. The Balaban J connectivity index is 2.71. The number of amides is 2. The minimum Gasteiger partial charge on any atom is -0.346 e. The highest BCUT2D eigenvalue weighted by atomic mass is 16.2. The number of rotatable bonds is 3. The summed E-state index contributed by atoms with van der Waals surface area (Å²) >= 11 is 0. The fourth-order valence-electron chi connectivity index (χ4n) is 1.46. The van der Waals surface area contributed by atoms with Gasteiger partial charge in [-0.05, 0) is 31.9 Å². The molecule has 0 atom stereocenters. The van der Waals surface area contributed by atoms with Gasteiger partial charge in [0.15, 0.2) is 0 Å². The number of aryl methyl sites for hydroxylation is 1. The highest BCUT2D eigenvalue weighted by Gasteiger charge is 2.15. The van der Waals surface area contributed by atoms with Crippen molar-refractivity contribution in [3.05, 3.63) is 29.8 Å². The SMILES string of the molecule is CCc1ccccc1NC(=O)C(=O)NC(C)C. The number of hydrogen-bond acceptors (Lipinski definition) is 2. The number of anilines is 1. The van der Waals surface area contributed by atoms with Crippen LogP contribution in [0, 0.1) is 0 Å². The summed E-state index contributed by atoms with van der Waals surface area (Å²) in [6.07, 6.45) is 0.808. The molecule has 0 saturated carbocycles. The zero-order chi connectivity index (χ0) is 12.8. The van der Waals surface area contributed by atoms with Crippen LogP contribution in [0.1, 0.15) is 26.3 Å². The van der Waals surface area contributed by atoms with Crippen molar-refractivity contribution in [3.63, 3.8) is 0 Å². The molecular formula is C13H18N2O2. The van der Waals surface area contributed by atoms with Gasteiger partial charge in [0.25, 0.3) is 0 Å². The van der Waals surface area contributed by atoms with Gasteiger partial charge in [0, 0.05) is 11.7 Å². The van der Waals surface area contributed by atoms with Crippen molar-refractivity contribution >= 4 is 17.5 Å². The number of nitrogens with one attached hydrogen (secondary N) is 2. The van der Waals surface area contributed by atoms with E-state index in [-0.39, 0.29) is 6.04 Å². The van der Waals surface area contributed by atoms with Crippen LogP contribution in [0.3, 0.4) is 0 Å². The predicted octanol–water partition coefficient (Wildman–Crippen LogP) is 1.71. The van der Waals surface area contributed by atoms with Gasteiger partial charge in [-0.25, -0.2) is 0 Å². The second-order valence-corrected chi connectivity index (χ2v) is 4.09. The minimum absolute atomic E-state index is 0.0466. The van der Waals surface area contributed by atoms with Crippen molar-refractivity contribution in [3.8, 4) is 0 Å². The van der Waals surface area contributed by atoms with Crippen LogP contribution in [-0.2, 0) is 16.0 Å². The Bertz CT molecular complexity index is 414. The fourth-order valence-corrected chi connectivity index (χ4v) is 1.46. The summed E-state index contributed by atoms with van der Waals surface area (Å²) in [5.74, 6) is -1.23. The summed E-state index contributed by atoms with van der Waals surface area (Å²) < 4.78 is 0. The topological polar surface area (TPSA) is 58.2 Å². The zero-order valence-electron chi connectivity index (χ0n) is 10.4. The summed E-state index contributed by atoms with van der Waals surface area (Å²) in [7, 11) is 0. The molecule has 2 amide bonds. The average molecular weight is 234 g/mol. The van der Waals surface area contributed by atoms with E-state index < -0.39 is 11.8 Å². The number of para-hydroxylation sites is 1. The number of benzene rings is 1. The van der Waals surface area contributed by atoms with Crippen LogP contribution in [0.4, 0.5) is 5.69 Å². The predicted molar refractivity (Wildman–Crippen MR) is 67.7 cm³/mol. The molecule has 0 saturated heterocycles. The second-order valence-electron chi connectivity index (χ2n) is 4.09. The molecule has 1 aromatic rings. The van der Waals surface area contributed by atoms with E-state index in [1.807, 2.05) is 39.0 Å². The molecule has 0 fully saturated rings. The minimum atomic E-state index is -0.625. The molecule has 2 N–H and O–H groups in total. The van der Waals surface area contributed by atoms with E-state index in [2.05, 4.69) is 10.6 Å². The van der Waals surface area contributed by atoms with Crippen molar-refractivity contribution in [1.29, 1.82) is 0 Å². The molecule has 92 valence electrons. The van der Waals surface area contributed by atoms with Gasteiger partial charge >= 0.3 is 11.8 Å². The van der Waals surface area contributed by atoms with E-state index in [1.165, 1.54) is 0 Å². The molecule has 0 aliphatic carbocycles. The maximum atomic E-state index is 11.6. The van der Waals surface area contributed by atoms with Gasteiger partial charge in [0.1, 0.15) is 0 Å². The Morgan fingerprint density at radius 2 is 1.82 bits per heavy atom. The first-order valence-electron chi connectivity index (χ1n) is 5.74. The quantitative estimate of drug-likeness (QED) is 0.782. The van der Waals surface area contributed by atoms with Crippen LogP contribution in [0.25, 0.3) is 0 Å². The summed E-state index contributed by atoms with van der Waals surface area (Å²) in [4.78, 5) is 23.0. The van der Waals surface area contributed by atoms with Crippen molar-refractivity contribution in [2.75, 3.05) is 5.32 Å². The number of hydrogen-bond donors (Lipinski definition) is 2. The molecule has 0 aliphatic rings. The first kappa shape index (κ1) is 13.2. The molecule has 1 aromatic carbocycles. The lowest BCUT2D eigenvalue weighted by molar-refractivity contribution is -0.136. The Hall–Kier alpha value is -1.84. The first-order valence-corrected chi connectivity index (χ1v) is 5.74. The van der Waals surface area contributed by atoms with E-state index in [0.29, 0.717) is 5.69 Å². The molecule has 0 bridgehead atoms. The first-order chi connectivity index (χ1) is 8.04. The molecule has 0 radical (unpaired) electrons. The van der Waals surface area contributed by atoms with Gasteiger partial charge in [0.2, 0.25) is 0 Å². The lowest BCUT2D eigenvalue weighted by atomic mass is 10.1. The lowest BCUT2D eigenvalue weighted by Gasteiger charge is -2.11. The molecule has 0 heterocycles. The molecule has 17 heavy (non-hydrogen) atoms. The van der Waals surface area contributed by atoms with Gasteiger partial charge in [0.05, 0.1) is 0 Å². The highest BCUT2D eigenvalue weighted by molar-refractivity contribution is 6.39. The van der Waals surface area contributed by atoms with Gasteiger partial charge in [-0.2, -0.15) is 0 Å². The highest BCUT2D eigenvalue weighted by Crippen LogP contribution is 2.14. The van der Waals surface area contributed by atoms with Crippen molar-refractivity contribution < 1.29 is 9.59 Å². The molecule has 4 heteroatoms. The third kappa shape index (κ3) is 3.90. The standard InChI is InChI=1S/C13H18N2O2/c1-4-10-7-5-6-8-11(10)15-13(17)12(16)14-9(2)3/h5-9H,4H2,1-3H3,(H,14,16)(H,15,17). The van der Waals surface area contributed by atoms with Crippen molar-refractivity contribution in [1.82, 2.24) is 5.32 Å². The third-order valence-corrected chi connectivity index (χ3v) is 2.27. The van der Waals surface area contributed by atoms with Crippen LogP contribution in [-0.4, -0.2) is 17.9 Å². The molecule has 0 aliphatic heterocycles. The summed E-state index contributed by atoms with van der Waals surface area (Å²) in [5, 5.41) is 5.16. The van der Waals surface area contributed by atoms with Crippen LogP contribution in [0.2, 0.25) is 0 Å². The van der Waals surface area contributed by atoms with Gasteiger partial charge in [-0.15, -0.1) is 0 Å². The number of carbonyl (C=O) groups is 2. The monoisotopic (exact) mass is 234 g/mol. The maximum absolute atomic E-state index is 11.6. The van der Waals surface area contributed by atoms with E-state index in [9.17, 15) is 9.59 Å². The lowest BCUT2D eigenvalue weighted by Crippen LogP contribution is -2.39. The van der Waals surface area contributed by atoms with E-state index in [4.69, 9.17) is 0 Å². The van der Waals surface area contributed by atoms with E-state index >= 15 is 0 Å². The Labute approximate surface area is 101 Å². The Kier molecular flexibility index (Phi) is 4.69. The largest absolute Gasteiger partial charge is 0.346 e. The molecule has 1 rings (SSSR count). The second kappa shape index (κ2) is 6.03. The Morgan fingerprint density at radius 3 is 2.41 bits per heavy atom. The zero-order valence-corrected chi connectivity index (χ0v) is 10.4. The molecule has 0 unspecified atom stereocenters. The average Bonchev–Trinajstić information content (AvgIpc) is 2.28. The molecule has 0 spiro atoms. The number of carbonyl (C=O) groups excluding carboxylic acids is 2. The van der Waals surface area contributed by atoms with Crippen LogP contribution < -0.4 is 10.6 Å². The summed E-state index contributed by atoms with van der Waals surface area (Å²) in [6, 6.07) is 7.40. The smallest absolute Gasteiger partial charge is 0.313 e. The van der Waals surface area contributed by atoms with Crippen LogP contribution in [0.15, 0.2) is 24.3 Å². The summed E-state index contributed by atoms with van der Waals surface area (Å²) in [6.45, 7) is 5.62.